The molecule has 1 aromatic rings. The van der Waals surface area contributed by atoms with Gasteiger partial charge in [-0.1, -0.05) is 44.2 Å². The summed E-state index contributed by atoms with van der Waals surface area (Å²) in [7, 11) is 0. The maximum atomic E-state index is 11.0. The third-order valence-electron chi connectivity index (χ3n) is 2.12. The molecule has 4 nitrogen and oxygen atoms in total. The minimum absolute atomic E-state index is 0.163. The molecule has 1 rings (SSSR count). The molecule has 112 valence electrons. The standard InChI is InChI=1S/C10H12O2.C6H12O2/c1-2-12-10(11)8-9-6-4-3-5-7-9;1-5(2)4-8-6(3)7/h3-7H,2,8H2,1H3;5H,4H2,1-3H3. The van der Waals surface area contributed by atoms with Crippen LogP contribution in [0.1, 0.15) is 33.3 Å². The highest BCUT2D eigenvalue weighted by atomic mass is 16.5. The van der Waals surface area contributed by atoms with Crippen molar-refractivity contribution in [1.29, 1.82) is 0 Å². The second-order valence-electron chi connectivity index (χ2n) is 4.66. The summed E-state index contributed by atoms with van der Waals surface area (Å²) in [4.78, 5) is 21.1. The maximum absolute atomic E-state index is 11.0. The van der Waals surface area contributed by atoms with E-state index in [2.05, 4.69) is 4.74 Å². The van der Waals surface area contributed by atoms with Crippen molar-refractivity contribution in [2.75, 3.05) is 13.2 Å². The van der Waals surface area contributed by atoms with Crippen LogP contribution in [0.4, 0.5) is 0 Å². The van der Waals surface area contributed by atoms with Crippen molar-refractivity contribution in [3.63, 3.8) is 0 Å². The van der Waals surface area contributed by atoms with Crippen molar-refractivity contribution in [3.05, 3.63) is 35.9 Å². The van der Waals surface area contributed by atoms with E-state index in [-0.39, 0.29) is 11.9 Å². The highest BCUT2D eigenvalue weighted by Crippen LogP contribution is 2.00. The topological polar surface area (TPSA) is 52.6 Å². The van der Waals surface area contributed by atoms with Crippen molar-refractivity contribution < 1.29 is 19.1 Å². The Morgan fingerprint density at radius 3 is 2.10 bits per heavy atom. The van der Waals surface area contributed by atoms with Crippen LogP contribution in [-0.4, -0.2) is 25.2 Å². The van der Waals surface area contributed by atoms with E-state index in [1.165, 1.54) is 6.92 Å². The summed E-state index contributed by atoms with van der Waals surface area (Å²) in [5, 5.41) is 0. The molecule has 0 radical (unpaired) electrons. The number of benzene rings is 1. The molecule has 0 saturated heterocycles. The van der Waals surface area contributed by atoms with Crippen molar-refractivity contribution in [2.24, 2.45) is 5.92 Å². The van der Waals surface area contributed by atoms with Gasteiger partial charge in [-0.3, -0.25) is 9.59 Å². The molecule has 0 aliphatic rings. The Morgan fingerprint density at radius 2 is 1.70 bits per heavy atom. The fraction of sp³-hybridized carbons (Fsp3) is 0.500. The molecule has 0 aromatic heterocycles. The number of carbonyl (C=O) groups is 2. The molecule has 1 aromatic carbocycles. The lowest BCUT2D eigenvalue weighted by atomic mass is 10.2. The number of ether oxygens (including phenoxy) is 2. The Bertz CT molecular complexity index is 385. The zero-order valence-corrected chi connectivity index (χ0v) is 12.7. The predicted molar refractivity (Wildman–Crippen MR) is 78.3 cm³/mol. The third-order valence-corrected chi connectivity index (χ3v) is 2.12. The van der Waals surface area contributed by atoms with Crippen LogP contribution in [0.3, 0.4) is 0 Å². The van der Waals surface area contributed by atoms with E-state index in [1.54, 1.807) is 0 Å². The third kappa shape index (κ3) is 11.3. The Balaban J connectivity index is 0.000000396. The van der Waals surface area contributed by atoms with Crippen LogP contribution in [-0.2, 0) is 25.5 Å². The van der Waals surface area contributed by atoms with Crippen LogP contribution >= 0.6 is 0 Å². The summed E-state index contributed by atoms with van der Waals surface area (Å²) in [6.45, 7) is 8.22. The van der Waals surface area contributed by atoms with E-state index in [9.17, 15) is 9.59 Å². The van der Waals surface area contributed by atoms with E-state index >= 15 is 0 Å². The van der Waals surface area contributed by atoms with Crippen molar-refractivity contribution in [1.82, 2.24) is 0 Å². The molecular weight excluding hydrogens is 256 g/mol. The molecule has 0 unspecified atom stereocenters. The van der Waals surface area contributed by atoms with Gasteiger partial charge in [0.1, 0.15) is 0 Å². The van der Waals surface area contributed by atoms with Crippen molar-refractivity contribution >= 4 is 11.9 Å². The summed E-state index contributed by atoms with van der Waals surface area (Å²) >= 11 is 0. The van der Waals surface area contributed by atoms with Gasteiger partial charge in [0.2, 0.25) is 0 Å². The number of hydrogen-bond acceptors (Lipinski definition) is 4. The Labute approximate surface area is 121 Å². The van der Waals surface area contributed by atoms with Gasteiger partial charge < -0.3 is 9.47 Å². The van der Waals surface area contributed by atoms with E-state index in [1.807, 2.05) is 51.1 Å². The highest BCUT2D eigenvalue weighted by Gasteiger charge is 2.01. The SMILES string of the molecule is CC(=O)OCC(C)C.CCOC(=O)Cc1ccccc1. The zero-order chi connectivity index (χ0) is 15.4. The molecule has 0 amide bonds. The zero-order valence-electron chi connectivity index (χ0n) is 12.7. The molecule has 0 spiro atoms. The summed E-state index contributed by atoms with van der Waals surface area (Å²) < 4.78 is 9.47. The average Bonchev–Trinajstić information content (AvgIpc) is 2.38. The molecule has 0 N–H and O–H groups in total. The fourth-order valence-electron chi connectivity index (χ4n) is 1.26. The fourth-order valence-corrected chi connectivity index (χ4v) is 1.26. The molecule has 0 atom stereocenters. The first kappa shape index (κ1) is 18.2. The van der Waals surface area contributed by atoms with Crippen LogP contribution in [0, 0.1) is 5.92 Å². The predicted octanol–water partition coefficient (Wildman–Crippen LogP) is 3.00. The number of esters is 2. The Hall–Kier alpha value is -1.84. The molecule has 20 heavy (non-hydrogen) atoms. The molecule has 4 heteroatoms. The largest absolute Gasteiger partial charge is 0.466 e. The molecule has 0 saturated carbocycles. The minimum atomic E-state index is -0.196. The van der Waals surface area contributed by atoms with Gasteiger partial charge in [-0.15, -0.1) is 0 Å². The van der Waals surface area contributed by atoms with Crippen molar-refractivity contribution in [3.8, 4) is 0 Å². The normalized spacial score (nSPS) is 9.45. The number of carbonyl (C=O) groups excluding carboxylic acids is 2. The Morgan fingerprint density at radius 1 is 1.10 bits per heavy atom. The molecule has 0 aliphatic carbocycles. The first-order valence-electron chi connectivity index (χ1n) is 6.78. The quantitative estimate of drug-likeness (QED) is 0.778. The monoisotopic (exact) mass is 280 g/mol. The smallest absolute Gasteiger partial charge is 0.310 e. The number of rotatable bonds is 5. The van der Waals surface area contributed by atoms with Gasteiger partial charge in [0.15, 0.2) is 0 Å². The van der Waals surface area contributed by atoms with Crippen molar-refractivity contribution in [2.45, 2.75) is 34.1 Å². The van der Waals surface area contributed by atoms with Gasteiger partial charge in [0, 0.05) is 6.92 Å². The van der Waals surface area contributed by atoms with Gasteiger partial charge in [-0.25, -0.2) is 0 Å². The highest BCUT2D eigenvalue weighted by molar-refractivity contribution is 5.72. The minimum Gasteiger partial charge on any atom is -0.466 e. The van der Waals surface area contributed by atoms with Crippen LogP contribution in [0.25, 0.3) is 0 Å². The lowest BCUT2D eigenvalue weighted by Gasteiger charge is -2.02. The Kier molecular flexibility index (Phi) is 10.0. The second kappa shape index (κ2) is 11.0. The van der Waals surface area contributed by atoms with Crippen LogP contribution in [0.15, 0.2) is 30.3 Å². The molecule has 0 fully saturated rings. The summed E-state index contributed by atoms with van der Waals surface area (Å²) in [6, 6.07) is 9.58. The van der Waals surface area contributed by atoms with Gasteiger partial charge in [0.05, 0.1) is 19.6 Å². The summed E-state index contributed by atoms with van der Waals surface area (Å²) in [5.74, 6) is 0.0845. The first-order valence-corrected chi connectivity index (χ1v) is 6.78. The molecule has 0 aliphatic heterocycles. The van der Waals surface area contributed by atoms with E-state index < -0.39 is 0 Å². The lowest BCUT2D eigenvalue weighted by molar-refractivity contribution is -0.143. The van der Waals surface area contributed by atoms with Gasteiger partial charge in [-0.05, 0) is 18.4 Å². The first-order chi connectivity index (χ1) is 9.45. The molecular formula is C16H24O4. The van der Waals surface area contributed by atoms with Crippen LogP contribution < -0.4 is 0 Å². The van der Waals surface area contributed by atoms with Gasteiger partial charge in [0.25, 0.3) is 0 Å². The lowest BCUT2D eigenvalue weighted by Crippen LogP contribution is -2.06. The van der Waals surface area contributed by atoms with E-state index in [0.29, 0.717) is 25.6 Å². The van der Waals surface area contributed by atoms with Crippen LogP contribution in [0.2, 0.25) is 0 Å². The average molecular weight is 280 g/mol. The van der Waals surface area contributed by atoms with Gasteiger partial charge >= 0.3 is 11.9 Å². The van der Waals surface area contributed by atoms with E-state index in [0.717, 1.165) is 5.56 Å². The maximum Gasteiger partial charge on any atom is 0.310 e. The molecule has 0 heterocycles. The van der Waals surface area contributed by atoms with Gasteiger partial charge in [-0.2, -0.15) is 0 Å². The summed E-state index contributed by atoms with van der Waals surface area (Å²) in [6.07, 6.45) is 0.370. The summed E-state index contributed by atoms with van der Waals surface area (Å²) in [5.41, 5.74) is 0.996. The van der Waals surface area contributed by atoms with Crippen LogP contribution in [0.5, 0.6) is 0 Å². The number of hydrogen-bond donors (Lipinski definition) is 0. The second-order valence-corrected chi connectivity index (χ2v) is 4.66. The van der Waals surface area contributed by atoms with E-state index in [4.69, 9.17) is 4.74 Å². The molecule has 0 bridgehead atoms.